The minimum Gasteiger partial charge on any atom is -0.316 e. The summed E-state index contributed by atoms with van der Waals surface area (Å²) in [4.78, 5) is 0. The first kappa shape index (κ1) is 11.0. The zero-order valence-electron chi connectivity index (χ0n) is 9.97. The fourth-order valence-electron chi connectivity index (χ4n) is 3.46. The van der Waals surface area contributed by atoms with Crippen LogP contribution in [0.2, 0.25) is 0 Å². The second kappa shape index (κ2) is 5.00. The fourth-order valence-corrected chi connectivity index (χ4v) is 3.46. The maximum atomic E-state index is 3.60. The molecule has 0 aromatic rings. The maximum Gasteiger partial charge on any atom is 0.0381 e. The molecule has 16 heavy (non-hydrogen) atoms. The normalized spacial score (nSPS) is 45.0. The first-order valence-electron chi connectivity index (χ1n) is 6.88. The predicted octanol–water partition coefficient (Wildman–Crippen LogP) is -0.0269. The van der Waals surface area contributed by atoms with Crippen LogP contribution in [0.1, 0.15) is 32.1 Å². The number of hydrazine groups is 1. The molecule has 0 aromatic carbocycles. The molecular weight excluding hydrogens is 200 g/mol. The van der Waals surface area contributed by atoms with E-state index in [-0.39, 0.29) is 0 Å². The summed E-state index contributed by atoms with van der Waals surface area (Å²) in [6, 6.07) is 2.03. The lowest BCUT2D eigenvalue weighted by Crippen LogP contribution is -2.45. The molecule has 4 unspecified atom stereocenters. The smallest absolute Gasteiger partial charge is 0.0381 e. The van der Waals surface area contributed by atoms with Gasteiger partial charge < -0.3 is 10.6 Å². The highest BCUT2D eigenvalue weighted by atomic mass is 15.4. The van der Waals surface area contributed by atoms with Gasteiger partial charge in [-0.25, -0.2) is 0 Å². The Bertz CT molecular complexity index is 221. The van der Waals surface area contributed by atoms with Crippen molar-refractivity contribution in [3.05, 3.63) is 0 Å². The molecular formula is C12H24N4. The molecule has 0 amide bonds. The Morgan fingerprint density at radius 2 is 1.69 bits per heavy atom. The molecule has 3 saturated heterocycles. The van der Waals surface area contributed by atoms with Crippen molar-refractivity contribution in [3.63, 3.8) is 0 Å². The van der Waals surface area contributed by atoms with E-state index >= 15 is 0 Å². The number of hydrogen-bond donors (Lipinski definition) is 4. The van der Waals surface area contributed by atoms with Crippen molar-refractivity contribution < 1.29 is 0 Å². The quantitative estimate of drug-likeness (QED) is 0.532. The SMILES string of the molecule is C1CNCC(C2CC(C3CCCN3)NN2)C1. The van der Waals surface area contributed by atoms with E-state index in [2.05, 4.69) is 21.5 Å². The average molecular weight is 224 g/mol. The van der Waals surface area contributed by atoms with Crippen LogP contribution in [0.15, 0.2) is 0 Å². The molecule has 4 nitrogen and oxygen atoms in total. The average Bonchev–Trinajstić information content (AvgIpc) is 3.01. The van der Waals surface area contributed by atoms with Crippen molar-refractivity contribution in [1.82, 2.24) is 21.5 Å². The summed E-state index contributed by atoms with van der Waals surface area (Å²) in [5.41, 5.74) is 7.03. The van der Waals surface area contributed by atoms with Crippen molar-refractivity contribution in [2.45, 2.75) is 50.2 Å². The van der Waals surface area contributed by atoms with Crippen LogP contribution < -0.4 is 21.5 Å². The first-order chi connectivity index (χ1) is 7.93. The Labute approximate surface area is 97.9 Å². The predicted molar refractivity (Wildman–Crippen MR) is 65.1 cm³/mol. The van der Waals surface area contributed by atoms with Gasteiger partial charge in [0.1, 0.15) is 0 Å². The van der Waals surface area contributed by atoms with Gasteiger partial charge in [-0.15, -0.1) is 0 Å². The van der Waals surface area contributed by atoms with Crippen molar-refractivity contribution in [3.8, 4) is 0 Å². The molecule has 0 aliphatic carbocycles. The van der Waals surface area contributed by atoms with E-state index in [4.69, 9.17) is 0 Å². The minimum absolute atomic E-state index is 0.648. The number of hydrogen-bond acceptors (Lipinski definition) is 4. The van der Waals surface area contributed by atoms with E-state index in [9.17, 15) is 0 Å². The van der Waals surface area contributed by atoms with Crippen LogP contribution in [-0.4, -0.2) is 37.8 Å². The molecule has 3 rings (SSSR count). The zero-order valence-corrected chi connectivity index (χ0v) is 9.97. The van der Waals surface area contributed by atoms with Crippen molar-refractivity contribution >= 4 is 0 Å². The van der Waals surface area contributed by atoms with E-state index < -0.39 is 0 Å². The topological polar surface area (TPSA) is 48.1 Å². The molecule has 3 aliphatic rings. The van der Waals surface area contributed by atoms with E-state index in [0.717, 1.165) is 5.92 Å². The number of rotatable bonds is 2. The zero-order chi connectivity index (χ0) is 10.8. The summed E-state index contributed by atoms with van der Waals surface area (Å²) in [5, 5.41) is 7.12. The van der Waals surface area contributed by atoms with Gasteiger partial charge in [-0.2, -0.15) is 0 Å². The standard InChI is InChI=1S/C12H24N4/c1-3-9(8-13-5-1)11-7-12(16-15-11)10-4-2-6-14-10/h9-16H,1-8H2. The van der Waals surface area contributed by atoms with Crippen LogP contribution in [0.3, 0.4) is 0 Å². The highest BCUT2D eigenvalue weighted by Crippen LogP contribution is 2.23. The summed E-state index contributed by atoms with van der Waals surface area (Å²) in [7, 11) is 0. The van der Waals surface area contributed by atoms with Crippen molar-refractivity contribution in [2.75, 3.05) is 19.6 Å². The van der Waals surface area contributed by atoms with Crippen LogP contribution in [0.4, 0.5) is 0 Å². The second-order valence-electron chi connectivity index (χ2n) is 5.55. The van der Waals surface area contributed by atoms with Crippen molar-refractivity contribution in [1.29, 1.82) is 0 Å². The number of piperidine rings is 1. The first-order valence-corrected chi connectivity index (χ1v) is 6.88. The largest absolute Gasteiger partial charge is 0.316 e. The third-order valence-electron chi connectivity index (χ3n) is 4.45. The molecule has 0 bridgehead atoms. The molecule has 3 heterocycles. The summed E-state index contributed by atoms with van der Waals surface area (Å²) in [6.07, 6.45) is 6.71. The molecule has 0 spiro atoms. The Hall–Kier alpha value is -0.160. The highest BCUT2D eigenvalue weighted by molar-refractivity contribution is 4.95. The second-order valence-corrected chi connectivity index (χ2v) is 5.55. The molecule has 3 aliphatic heterocycles. The van der Waals surface area contributed by atoms with Crippen LogP contribution >= 0.6 is 0 Å². The summed E-state index contributed by atoms with van der Waals surface area (Å²) in [6.45, 7) is 3.62. The lowest BCUT2D eigenvalue weighted by atomic mass is 9.88. The Morgan fingerprint density at radius 3 is 2.44 bits per heavy atom. The minimum atomic E-state index is 0.648. The highest BCUT2D eigenvalue weighted by Gasteiger charge is 2.35. The van der Waals surface area contributed by atoms with E-state index in [1.54, 1.807) is 0 Å². The Balaban J connectivity index is 1.51. The van der Waals surface area contributed by atoms with Gasteiger partial charge in [0.15, 0.2) is 0 Å². The third-order valence-corrected chi connectivity index (χ3v) is 4.45. The summed E-state index contributed by atoms with van der Waals surface area (Å²) >= 11 is 0. The van der Waals surface area contributed by atoms with Crippen LogP contribution in [0.25, 0.3) is 0 Å². The van der Waals surface area contributed by atoms with Crippen LogP contribution in [-0.2, 0) is 0 Å². The van der Waals surface area contributed by atoms with E-state index in [0.29, 0.717) is 18.1 Å². The fraction of sp³-hybridized carbons (Fsp3) is 1.00. The summed E-state index contributed by atoms with van der Waals surface area (Å²) in [5.74, 6) is 0.827. The Kier molecular flexibility index (Phi) is 3.43. The van der Waals surface area contributed by atoms with Gasteiger partial charge in [-0.3, -0.25) is 10.9 Å². The van der Waals surface area contributed by atoms with Gasteiger partial charge >= 0.3 is 0 Å². The van der Waals surface area contributed by atoms with E-state index in [1.165, 1.54) is 51.7 Å². The molecule has 4 atom stereocenters. The molecule has 4 N–H and O–H groups in total. The Morgan fingerprint density at radius 1 is 0.812 bits per heavy atom. The molecule has 0 aromatic heterocycles. The third kappa shape index (κ3) is 2.25. The maximum absolute atomic E-state index is 3.60. The van der Waals surface area contributed by atoms with Gasteiger partial charge in [-0.05, 0) is 57.7 Å². The van der Waals surface area contributed by atoms with Gasteiger partial charge in [-0.1, -0.05) is 0 Å². The van der Waals surface area contributed by atoms with Gasteiger partial charge in [0.2, 0.25) is 0 Å². The summed E-state index contributed by atoms with van der Waals surface area (Å²) < 4.78 is 0. The molecule has 92 valence electrons. The molecule has 3 fully saturated rings. The molecule has 0 saturated carbocycles. The monoisotopic (exact) mass is 224 g/mol. The molecule has 4 heteroatoms. The number of nitrogens with one attached hydrogen (secondary N) is 4. The lowest BCUT2D eigenvalue weighted by Gasteiger charge is -2.27. The van der Waals surface area contributed by atoms with Gasteiger partial charge in [0.25, 0.3) is 0 Å². The van der Waals surface area contributed by atoms with Crippen LogP contribution in [0.5, 0.6) is 0 Å². The van der Waals surface area contributed by atoms with Gasteiger partial charge in [0, 0.05) is 18.1 Å². The van der Waals surface area contributed by atoms with Crippen molar-refractivity contribution in [2.24, 2.45) is 5.92 Å². The van der Waals surface area contributed by atoms with E-state index in [1.807, 2.05) is 0 Å². The van der Waals surface area contributed by atoms with Crippen LogP contribution in [0, 0.1) is 5.92 Å². The lowest BCUT2D eigenvalue weighted by molar-refractivity contribution is 0.297. The van der Waals surface area contributed by atoms with Gasteiger partial charge in [0.05, 0.1) is 0 Å². The molecule has 0 radical (unpaired) electrons.